The molecule has 2 aromatic rings. The van der Waals surface area contributed by atoms with Crippen LogP contribution >= 0.6 is 0 Å². The normalized spacial score (nSPS) is 27.9. The largest absolute Gasteiger partial charge is 0.496 e. The van der Waals surface area contributed by atoms with Crippen LogP contribution in [0.15, 0.2) is 54.6 Å². The zero-order valence-electron chi connectivity index (χ0n) is 17.3. The van der Waals surface area contributed by atoms with Gasteiger partial charge in [0.2, 0.25) is 5.91 Å². The molecule has 1 heterocycles. The lowest BCUT2D eigenvalue weighted by Gasteiger charge is -2.45. The number of methoxy groups -OCH3 is 1. The van der Waals surface area contributed by atoms with Gasteiger partial charge in [0.1, 0.15) is 5.75 Å². The Bertz CT molecular complexity index is 939. The Morgan fingerprint density at radius 3 is 2.67 bits per heavy atom. The highest BCUT2D eigenvalue weighted by Gasteiger charge is 2.53. The number of fused-ring (bicyclic) bond motifs is 1. The minimum atomic E-state index is -1.11. The molecule has 1 saturated heterocycles. The lowest BCUT2D eigenvalue weighted by Crippen LogP contribution is -2.46. The first-order valence-corrected chi connectivity index (χ1v) is 10.6. The van der Waals surface area contributed by atoms with Crippen molar-refractivity contribution in [1.82, 2.24) is 4.90 Å². The van der Waals surface area contributed by atoms with Gasteiger partial charge < -0.3 is 14.7 Å². The third kappa shape index (κ3) is 3.80. The van der Waals surface area contributed by atoms with Crippen LogP contribution in [0.25, 0.3) is 0 Å². The molecule has 0 spiro atoms. The number of likely N-dealkylation sites (tertiary alicyclic amines) is 1. The minimum absolute atomic E-state index is 0.0662. The molecule has 1 amide bonds. The minimum Gasteiger partial charge on any atom is -0.496 e. The van der Waals surface area contributed by atoms with E-state index in [2.05, 4.69) is 6.07 Å². The van der Waals surface area contributed by atoms with Crippen LogP contribution < -0.4 is 4.74 Å². The number of carbonyl (C=O) groups is 1. The number of ether oxygens (including phenoxy) is 1. The zero-order valence-corrected chi connectivity index (χ0v) is 17.3. The maximum atomic E-state index is 13.0. The predicted molar refractivity (Wildman–Crippen MR) is 114 cm³/mol. The van der Waals surface area contributed by atoms with Gasteiger partial charge in [-0.2, -0.15) is 5.26 Å². The van der Waals surface area contributed by atoms with Gasteiger partial charge in [-0.15, -0.1) is 0 Å². The summed E-state index contributed by atoms with van der Waals surface area (Å²) in [5.41, 5.74) is 0.654. The summed E-state index contributed by atoms with van der Waals surface area (Å²) in [6.07, 6.45) is 2.17. The van der Waals surface area contributed by atoms with Crippen LogP contribution in [0.2, 0.25) is 0 Å². The van der Waals surface area contributed by atoms with Crippen LogP contribution in [0, 0.1) is 29.1 Å². The maximum Gasteiger partial charge on any atom is 0.227 e. The smallest absolute Gasteiger partial charge is 0.227 e. The quantitative estimate of drug-likeness (QED) is 0.827. The summed E-state index contributed by atoms with van der Waals surface area (Å²) in [4.78, 5) is 14.9. The third-order valence-corrected chi connectivity index (χ3v) is 6.79. The van der Waals surface area contributed by atoms with Crippen molar-refractivity contribution in [2.24, 2.45) is 17.8 Å². The molecule has 5 nitrogen and oxygen atoms in total. The van der Waals surface area contributed by atoms with E-state index >= 15 is 0 Å². The number of hydrogen-bond acceptors (Lipinski definition) is 4. The van der Waals surface area contributed by atoms with Gasteiger partial charge in [-0.1, -0.05) is 48.5 Å². The molecule has 0 unspecified atom stereocenters. The van der Waals surface area contributed by atoms with Crippen molar-refractivity contribution in [3.05, 3.63) is 65.7 Å². The third-order valence-electron chi connectivity index (χ3n) is 6.79. The van der Waals surface area contributed by atoms with Crippen LogP contribution in [0.3, 0.4) is 0 Å². The van der Waals surface area contributed by atoms with Crippen molar-refractivity contribution < 1.29 is 14.6 Å². The Morgan fingerprint density at radius 2 is 1.93 bits per heavy atom. The molecule has 0 bridgehead atoms. The van der Waals surface area contributed by atoms with Crippen molar-refractivity contribution in [3.63, 3.8) is 0 Å². The molecule has 156 valence electrons. The topological polar surface area (TPSA) is 73.6 Å². The Kier molecular flexibility index (Phi) is 5.78. The first kappa shape index (κ1) is 20.4. The second kappa shape index (κ2) is 8.49. The fraction of sp³-hybridized carbons (Fsp3) is 0.440. The van der Waals surface area contributed by atoms with E-state index in [-0.39, 0.29) is 23.7 Å². The van der Waals surface area contributed by atoms with Crippen LogP contribution in [-0.2, 0) is 16.8 Å². The standard InChI is InChI=1S/C25H28N2O3/c1-30-23-10-6-5-9-21(23)25(29)15-19(11-12-26)13-20-16-27(17-22(20)25)24(28)14-18-7-3-2-4-8-18/h2-10,19-20,22,29H,11,13-17H2,1H3/t19-,20+,22-,25-/m1/s1. The Balaban J connectivity index is 1.62. The first-order chi connectivity index (χ1) is 14.5. The highest BCUT2D eigenvalue weighted by Crippen LogP contribution is 2.52. The number of amides is 1. The zero-order chi connectivity index (χ0) is 21.1. The molecule has 1 aliphatic carbocycles. The molecule has 0 aromatic heterocycles. The Hall–Kier alpha value is -2.84. The van der Waals surface area contributed by atoms with E-state index in [1.165, 1.54) is 0 Å². The first-order valence-electron chi connectivity index (χ1n) is 10.6. The van der Waals surface area contributed by atoms with Crippen molar-refractivity contribution in [2.45, 2.75) is 31.3 Å². The van der Waals surface area contributed by atoms with E-state index in [0.717, 1.165) is 17.5 Å². The van der Waals surface area contributed by atoms with Gasteiger partial charge in [-0.05, 0) is 36.3 Å². The number of hydrogen-bond donors (Lipinski definition) is 1. The highest BCUT2D eigenvalue weighted by molar-refractivity contribution is 5.79. The van der Waals surface area contributed by atoms with E-state index in [1.54, 1.807) is 7.11 Å². The Morgan fingerprint density at radius 1 is 1.20 bits per heavy atom. The van der Waals surface area contributed by atoms with Gasteiger partial charge in [0, 0.05) is 31.0 Å². The molecular formula is C25H28N2O3. The number of carbonyl (C=O) groups excluding carboxylic acids is 1. The number of aliphatic hydroxyl groups is 1. The summed E-state index contributed by atoms with van der Waals surface area (Å²) in [7, 11) is 1.61. The highest BCUT2D eigenvalue weighted by atomic mass is 16.5. The SMILES string of the molecule is COc1ccccc1[C@]1(O)C[C@H](CC#N)C[C@H]2CN(C(=O)Cc3ccccc3)C[C@H]21. The average Bonchev–Trinajstić information content (AvgIpc) is 3.20. The molecule has 2 aliphatic rings. The van der Waals surface area contributed by atoms with E-state index < -0.39 is 5.60 Å². The summed E-state index contributed by atoms with van der Waals surface area (Å²) in [5.74, 6) is 0.964. The summed E-state index contributed by atoms with van der Waals surface area (Å²) in [6.45, 7) is 1.17. The molecule has 1 aliphatic heterocycles. The second-order valence-corrected chi connectivity index (χ2v) is 8.62. The molecule has 30 heavy (non-hydrogen) atoms. The van der Waals surface area contributed by atoms with E-state index in [4.69, 9.17) is 4.74 Å². The van der Waals surface area contributed by atoms with Crippen molar-refractivity contribution >= 4 is 5.91 Å². The fourth-order valence-electron chi connectivity index (χ4n) is 5.44. The van der Waals surface area contributed by atoms with Crippen LogP contribution in [-0.4, -0.2) is 36.1 Å². The number of nitriles is 1. The van der Waals surface area contributed by atoms with Gasteiger partial charge in [0.15, 0.2) is 0 Å². The van der Waals surface area contributed by atoms with Crippen LogP contribution in [0.5, 0.6) is 5.75 Å². The van der Waals surface area contributed by atoms with E-state index in [9.17, 15) is 15.2 Å². The summed E-state index contributed by atoms with van der Waals surface area (Å²) in [5, 5.41) is 21.3. The van der Waals surface area contributed by atoms with Gasteiger partial charge in [-0.25, -0.2) is 0 Å². The monoisotopic (exact) mass is 404 g/mol. The number of benzene rings is 2. The van der Waals surface area contributed by atoms with E-state index in [0.29, 0.717) is 38.1 Å². The number of nitrogens with zero attached hydrogens (tertiary/aromatic N) is 2. The number of para-hydroxylation sites is 1. The maximum absolute atomic E-state index is 13.0. The van der Waals surface area contributed by atoms with Crippen molar-refractivity contribution in [1.29, 1.82) is 5.26 Å². The van der Waals surface area contributed by atoms with Gasteiger partial charge in [0.05, 0.1) is 25.2 Å². The molecule has 1 N–H and O–H groups in total. The molecule has 4 rings (SSSR count). The predicted octanol–water partition coefficient (Wildman–Crippen LogP) is 3.52. The lowest BCUT2D eigenvalue weighted by molar-refractivity contribution is -0.130. The van der Waals surface area contributed by atoms with Crippen molar-refractivity contribution in [3.8, 4) is 11.8 Å². The van der Waals surface area contributed by atoms with Crippen LogP contribution in [0.4, 0.5) is 0 Å². The lowest BCUT2D eigenvalue weighted by atomic mass is 9.63. The van der Waals surface area contributed by atoms with Gasteiger partial charge in [-0.3, -0.25) is 4.79 Å². The second-order valence-electron chi connectivity index (χ2n) is 8.62. The molecule has 1 saturated carbocycles. The average molecular weight is 405 g/mol. The molecule has 2 aromatic carbocycles. The molecule has 4 atom stereocenters. The van der Waals surface area contributed by atoms with Crippen molar-refractivity contribution in [2.75, 3.05) is 20.2 Å². The number of rotatable bonds is 5. The summed E-state index contributed by atoms with van der Waals surface area (Å²) < 4.78 is 5.56. The molecule has 0 radical (unpaired) electrons. The van der Waals surface area contributed by atoms with Gasteiger partial charge >= 0.3 is 0 Å². The molecule has 2 fully saturated rings. The summed E-state index contributed by atoms with van der Waals surface area (Å²) >= 11 is 0. The molecule has 5 heteroatoms. The Labute approximate surface area is 177 Å². The fourth-order valence-corrected chi connectivity index (χ4v) is 5.44. The van der Waals surface area contributed by atoms with Gasteiger partial charge in [0.25, 0.3) is 0 Å². The molecular weight excluding hydrogens is 376 g/mol. The van der Waals surface area contributed by atoms with Crippen LogP contribution in [0.1, 0.15) is 30.4 Å². The van der Waals surface area contributed by atoms with E-state index in [1.807, 2.05) is 59.5 Å². The summed E-state index contributed by atoms with van der Waals surface area (Å²) in [6, 6.07) is 19.6.